The molecule has 0 bridgehead atoms. The van der Waals surface area contributed by atoms with Crippen molar-refractivity contribution in [3.05, 3.63) is 64.7 Å². The molecule has 2 aromatic carbocycles. The summed E-state index contributed by atoms with van der Waals surface area (Å²) in [6.07, 6.45) is 1.00. The summed E-state index contributed by atoms with van der Waals surface area (Å²) in [5.41, 5.74) is 2.40. The summed E-state index contributed by atoms with van der Waals surface area (Å²) in [6.45, 7) is 2.92. The van der Waals surface area contributed by atoms with Gasteiger partial charge in [-0.1, -0.05) is 54.1 Å². The van der Waals surface area contributed by atoms with E-state index in [9.17, 15) is 0 Å². The third-order valence-electron chi connectivity index (χ3n) is 3.29. The smallest absolute Gasteiger partial charge is 0.137 e. The Balaban J connectivity index is 1.92. The standard InChI is InChI=1S/C17H20ClNO/c1-13(11-14-7-4-3-5-8-14)19-12-15-9-6-10-16(20-2)17(15)18/h3-10,13,19H,11-12H2,1-2H3/t13-/m1/s1. The van der Waals surface area contributed by atoms with Crippen LogP contribution < -0.4 is 10.1 Å². The molecular formula is C17H20ClNO. The third-order valence-corrected chi connectivity index (χ3v) is 3.72. The van der Waals surface area contributed by atoms with Gasteiger partial charge in [0.25, 0.3) is 0 Å². The molecule has 0 fully saturated rings. The van der Waals surface area contributed by atoms with Gasteiger partial charge in [0.15, 0.2) is 0 Å². The molecular weight excluding hydrogens is 270 g/mol. The van der Waals surface area contributed by atoms with Crippen molar-refractivity contribution in [3.63, 3.8) is 0 Å². The highest BCUT2D eigenvalue weighted by Gasteiger charge is 2.08. The van der Waals surface area contributed by atoms with Gasteiger partial charge in [-0.3, -0.25) is 0 Å². The fraction of sp³-hybridized carbons (Fsp3) is 0.294. The Hall–Kier alpha value is -1.51. The van der Waals surface area contributed by atoms with Crippen LogP contribution in [0.25, 0.3) is 0 Å². The van der Waals surface area contributed by atoms with E-state index in [2.05, 4.69) is 36.5 Å². The highest BCUT2D eigenvalue weighted by Crippen LogP contribution is 2.27. The topological polar surface area (TPSA) is 21.3 Å². The zero-order valence-corrected chi connectivity index (χ0v) is 12.7. The Morgan fingerprint density at radius 2 is 1.85 bits per heavy atom. The second-order valence-electron chi connectivity index (χ2n) is 4.91. The van der Waals surface area contributed by atoms with Crippen LogP contribution in [0.5, 0.6) is 5.75 Å². The number of hydrogen-bond donors (Lipinski definition) is 1. The monoisotopic (exact) mass is 289 g/mol. The van der Waals surface area contributed by atoms with Crippen molar-refractivity contribution in [3.8, 4) is 5.75 Å². The zero-order chi connectivity index (χ0) is 14.4. The van der Waals surface area contributed by atoms with Gasteiger partial charge < -0.3 is 10.1 Å². The van der Waals surface area contributed by atoms with Gasteiger partial charge in [-0.2, -0.15) is 0 Å². The van der Waals surface area contributed by atoms with Gasteiger partial charge >= 0.3 is 0 Å². The van der Waals surface area contributed by atoms with Crippen LogP contribution in [0.4, 0.5) is 0 Å². The summed E-state index contributed by atoms with van der Waals surface area (Å²) < 4.78 is 5.23. The molecule has 2 nitrogen and oxygen atoms in total. The minimum Gasteiger partial charge on any atom is -0.495 e. The van der Waals surface area contributed by atoms with Crippen LogP contribution in [-0.4, -0.2) is 13.2 Å². The first-order valence-electron chi connectivity index (χ1n) is 6.79. The molecule has 0 spiro atoms. The van der Waals surface area contributed by atoms with Crippen LogP contribution in [0.2, 0.25) is 5.02 Å². The first-order chi connectivity index (χ1) is 9.70. The van der Waals surface area contributed by atoms with E-state index in [0.29, 0.717) is 11.1 Å². The van der Waals surface area contributed by atoms with Gasteiger partial charge in [-0.05, 0) is 30.5 Å². The van der Waals surface area contributed by atoms with E-state index in [1.54, 1.807) is 7.11 Å². The van der Waals surface area contributed by atoms with E-state index in [0.717, 1.165) is 24.3 Å². The summed E-state index contributed by atoms with van der Waals surface area (Å²) in [6, 6.07) is 16.7. The van der Waals surface area contributed by atoms with Gasteiger partial charge in [-0.15, -0.1) is 0 Å². The average molecular weight is 290 g/mol. The average Bonchev–Trinajstić information content (AvgIpc) is 2.47. The third kappa shape index (κ3) is 3.99. The Morgan fingerprint density at radius 3 is 2.55 bits per heavy atom. The fourth-order valence-electron chi connectivity index (χ4n) is 2.17. The molecule has 0 amide bonds. The molecule has 20 heavy (non-hydrogen) atoms. The highest BCUT2D eigenvalue weighted by molar-refractivity contribution is 6.32. The molecule has 2 aromatic rings. The maximum absolute atomic E-state index is 6.29. The quantitative estimate of drug-likeness (QED) is 0.865. The Morgan fingerprint density at radius 1 is 1.10 bits per heavy atom. The summed E-state index contributed by atoms with van der Waals surface area (Å²) in [4.78, 5) is 0. The van der Waals surface area contributed by atoms with Crippen molar-refractivity contribution < 1.29 is 4.74 Å². The van der Waals surface area contributed by atoms with E-state index >= 15 is 0 Å². The summed E-state index contributed by atoms with van der Waals surface area (Å²) in [5.74, 6) is 0.724. The lowest BCUT2D eigenvalue weighted by Gasteiger charge is -2.15. The van der Waals surface area contributed by atoms with Crippen LogP contribution in [0, 0.1) is 0 Å². The Bertz CT molecular complexity index is 542. The van der Waals surface area contributed by atoms with E-state index in [1.165, 1.54) is 5.56 Å². The first-order valence-corrected chi connectivity index (χ1v) is 7.17. The van der Waals surface area contributed by atoms with E-state index in [-0.39, 0.29) is 0 Å². The molecule has 3 heteroatoms. The SMILES string of the molecule is COc1cccc(CN[C@H](C)Cc2ccccc2)c1Cl. The van der Waals surface area contributed by atoms with Crippen molar-refractivity contribution in [2.75, 3.05) is 7.11 Å². The van der Waals surface area contributed by atoms with Crippen molar-refractivity contribution in [2.24, 2.45) is 0 Å². The van der Waals surface area contributed by atoms with Crippen molar-refractivity contribution >= 4 is 11.6 Å². The van der Waals surface area contributed by atoms with Crippen LogP contribution in [0.15, 0.2) is 48.5 Å². The molecule has 0 heterocycles. The molecule has 1 N–H and O–H groups in total. The van der Waals surface area contributed by atoms with Crippen molar-refractivity contribution in [2.45, 2.75) is 25.9 Å². The van der Waals surface area contributed by atoms with E-state index < -0.39 is 0 Å². The van der Waals surface area contributed by atoms with Gasteiger partial charge in [0.05, 0.1) is 12.1 Å². The number of rotatable bonds is 6. The number of benzene rings is 2. The van der Waals surface area contributed by atoms with Crippen LogP contribution in [0.1, 0.15) is 18.1 Å². The number of methoxy groups -OCH3 is 1. The lowest BCUT2D eigenvalue weighted by atomic mass is 10.1. The van der Waals surface area contributed by atoms with Crippen LogP contribution >= 0.6 is 11.6 Å². The molecule has 0 aromatic heterocycles. The van der Waals surface area contributed by atoms with Crippen molar-refractivity contribution in [1.29, 1.82) is 0 Å². The molecule has 0 radical (unpaired) electrons. The minimum absolute atomic E-state index is 0.389. The van der Waals surface area contributed by atoms with Gasteiger partial charge in [-0.25, -0.2) is 0 Å². The fourth-order valence-corrected chi connectivity index (χ4v) is 2.44. The number of hydrogen-bond acceptors (Lipinski definition) is 2. The number of halogens is 1. The summed E-state index contributed by atoms with van der Waals surface area (Å²) in [7, 11) is 1.64. The maximum atomic E-state index is 6.29. The molecule has 0 saturated heterocycles. The normalized spacial score (nSPS) is 12.2. The lowest BCUT2D eigenvalue weighted by Crippen LogP contribution is -2.27. The second kappa shape index (κ2) is 7.32. The summed E-state index contributed by atoms with van der Waals surface area (Å²) in [5, 5.41) is 4.19. The van der Waals surface area contributed by atoms with E-state index in [4.69, 9.17) is 16.3 Å². The molecule has 0 aliphatic carbocycles. The molecule has 0 aliphatic rings. The zero-order valence-electron chi connectivity index (χ0n) is 11.9. The molecule has 106 valence electrons. The minimum atomic E-state index is 0.389. The summed E-state index contributed by atoms with van der Waals surface area (Å²) >= 11 is 6.29. The van der Waals surface area contributed by atoms with Crippen molar-refractivity contribution in [1.82, 2.24) is 5.32 Å². The predicted molar refractivity (Wildman–Crippen MR) is 84.5 cm³/mol. The molecule has 1 atom stereocenters. The molecule has 2 rings (SSSR count). The molecule has 0 saturated carbocycles. The van der Waals surface area contributed by atoms with Gasteiger partial charge in [0, 0.05) is 12.6 Å². The lowest BCUT2D eigenvalue weighted by molar-refractivity contribution is 0.414. The van der Waals surface area contributed by atoms with Gasteiger partial charge in [0.1, 0.15) is 5.75 Å². The Labute approximate surface area is 125 Å². The number of nitrogens with one attached hydrogen (secondary N) is 1. The van der Waals surface area contributed by atoms with Crippen LogP contribution in [0.3, 0.4) is 0 Å². The first kappa shape index (κ1) is 14.9. The maximum Gasteiger partial charge on any atom is 0.137 e. The van der Waals surface area contributed by atoms with E-state index in [1.807, 2.05) is 24.3 Å². The Kier molecular flexibility index (Phi) is 5.45. The second-order valence-corrected chi connectivity index (χ2v) is 5.28. The largest absolute Gasteiger partial charge is 0.495 e. The predicted octanol–water partition coefficient (Wildman–Crippen LogP) is 4.07. The molecule has 0 unspecified atom stereocenters. The van der Waals surface area contributed by atoms with Gasteiger partial charge in [0.2, 0.25) is 0 Å². The number of ether oxygens (including phenoxy) is 1. The highest BCUT2D eigenvalue weighted by atomic mass is 35.5. The van der Waals surface area contributed by atoms with Crippen LogP contribution in [-0.2, 0) is 13.0 Å². The molecule has 0 aliphatic heterocycles.